The molecule has 0 amide bonds. The highest BCUT2D eigenvalue weighted by Gasteiger charge is 2.25. The summed E-state index contributed by atoms with van der Waals surface area (Å²) in [6.07, 6.45) is 0. The summed E-state index contributed by atoms with van der Waals surface area (Å²) in [4.78, 5) is 0. The molecule has 3 heteroatoms. The predicted octanol–water partition coefficient (Wildman–Crippen LogP) is -0.662. The molecule has 1 rings (SSSR count). The molecule has 1 aliphatic heterocycles. The third-order valence-electron chi connectivity index (χ3n) is 1.74. The molecule has 1 fully saturated rings. The van der Waals surface area contributed by atoms with Gasteiger partial charge in [0.25, 0.3) is 0 Å². The van der Waals surface area contributed by atoms with Crippen molar-refractivity contribution in [2.75, 3.05) is 19.7 Å². The minimum Gasteiger partial charge on any atom is -0.396 e. The summed E-state index contributed by atoms with van der Waals surface area (Å²) in [6, 6.07) is 2.14. The van der Waals surface area contributed by atoms with Crippen LogP contribution in [-0.4, -0.2) is 24.8 Å². The second-order valence-corrected chi connectivity index (χ2v) is 2.34. The maximum atomic E-state index is 8.68. The number of aliphatic hydroxyl groups is 1. The van der Waals surface area contributed by atoms with Crippen molar-refractivity contribution >= 4 is 0 Å². The Morgan fingerprint density at radius 2 is 2.44 bits per heavy atom. The molecule has 0 aliphatic carbocycles. The molecule has 2 unspecified atom stereocenters. The number of nitrogens with one attached hydrogen (secondary N) is 1. The van der Waals surface area contributed by atoms with Crippen LogP contribution in [0.2, 0.25) is 0 Å². The van der Waals surface area contributed by atoms with Crippen LogP contribution in [0.4, 0.5) is 0 Å². The zero-order valence-electron chi connectivity index (χ0n) is 5.17. The lowest BCUT2D eigenvalue weighted by Crippen LogP contribution is -2.14. The van der Waals surface area contributed by atoms with Crippen LogP contribution in [0.1, 0.15) is 0 Å². The van der Waals surface area contributed by atoms with E-state index < -0.39 is 0 Å². The summed E-state index contributed by atoms with van der Waals surface area (Å²) >= 11 is 0. The molecule has 0 aromatic heterocycles. The minimum atomic E-state index is 0.0231. The van der Waals surface area contributed by atoms with Crippen molar-refractivity contribution in [3.05, 3.63) is 0 Å². The molecule has 1 aliphatic rings. The van der Waals surface area contributed by atoms with E-state index in [0.717, 1.165) is 13.1 Å². The van der Waals surface area contributed by atoms with E-state index in [0.29, 0.717) is 0 Å². The first-order chi connectivity index (χ1) is 4.38. The molecule has 1 heterocycles. The molecule has 0 aromatic carbocycles. The van der Waals surface area contributed by atoms with Gasteiger partial charge < -0.3 is 10.4 Å². The molecule has 3 nitrogen and oxygen atoms in total. The van der Waals surface area contributed by atoms with E-state index >= 15 is 0 Å². The van der Waals surface area contributed by atoms with Gasteiger partial charge in [0.2, 0.25) is 0 Å². The fraction of sp³-hybridized carbons (Fsp3) is 0.833. The van der Waals surface area contributed by atoms with Crippen LogP contribution in [0.3, 0.4) is 0 Å². The summed E-state index contributed by atoms with van der Waals surface area (Å²) < 4.78 is 0. The Hall–Kier alpha value is -0.590. The third kappa shape index (κ3) is 1.21. The third-order valence-corrected chi connectivity index (χ3v) is 1.74. The van der Waals surface area contributed by atoms with Gasteiger partial charge in [-0.05, 0) is 0 Å². The molecule has 0 spiro atoms. The molecule has 9 heavy (non-hydrogen) atoms. The summed E-state index contributed by atoms with van der Waals surface area (Å²) in [5.74, 6) is 0.185. The van der Waals surface area contributed by atoms with Gasteiger partial charge in [0, 0.05) is 25.6 Å². The summed E-state index contributed by atoms with van der Waals surface area (Å²) in [5.41, 5.74) is 0. The zero-order chi connectivity index (χ0) is 6.69. The van der Waals surface area contributed by atoms with Crippen molar-refractivity contribution < 1.29 is 5.11 Å². The average Bonchev–Trinajstić information content (AvgIpc) is 2.33. The summed E-state index contributed by atoms with van der Waals surface area (Å²) in [6.45, 7) is 1.65. The first kappa shape index (κ1) is 6.53. The standard InChI is InChI=1S/C6H10N2O/c7-1-5-2-8-3-6(5)4-9/h5-6,8-9H,2-4H2. The Morgan fingerprint density at radius 1 is 1.67 bits per heavy atom. The van der Waals surface area contributed by atoms with Crippen LogP contribution < -0.4 is 5.32 Å². The van der Waals surface area contributed by atoms with E-state index in [2.05, 4.69) is 11.4 Å². The smallest absolute Gasteiger partial charge is 0.0673 e. The lowest BCUT2D eigenvalue weighted by atomic mass is 9.99. The van der Waals surface area contributed by atoms with Gasteiger partial charge in [-0.3, -0.25) is 0 Å². The Bertz CT molecular complexity index is 130. The fourth-order valence-electron chi connectivity index (χ4n) is 1.08. The van der Waals surface area contributed by atoms with Crippen LogP contribution in [0.15, 0.2) is 0 Å². The highest BCUT2D eigenvalue weighted by molar-refractivity contribution is 4.94. The first-order valence-electron chi connectivity index (χ1n) is 3.09. The largest absolute Gasteiger partial charge is 0.396 e. The molecular weight excluding hydrogens is 116 g/mol. The lowest BCUT2D eigenvalue weighted by Gasteiger charge is -2.05. The van der Waals surface area contributed by atoms with Crippen molar-refractivity contribution in [3.8, 4) is 6.07 Å². The van der Waals surface area contributed by atoms with E-state index in [1.165, 1.54) is 0 Å². The Kier molecular flexibility index (Phi) is 2.04. The van der Waals surface area contributed by atoms with Gasteiger partial charge in [0.1, 0.15) is 0 Å². The second-order valence-electron chi connectivity index (χ2n) is 2.34. The number of hydrogen-bond acceptors (Lipinski definition) is 3. The highest BCUT2D eigenvalue weighted by atomic mass is 16.3. The summed E-state index contributed by atoms with van der Waals surface area (Å²) in [7, 11) is 0. The monoisotopic (exact) mass is 126 g/mol. The quantitative estimate of drug-likeness (QED) is 0.490. The molecular formula is C6H10N2O. The van der Waals surface area contributed by atoms with E-state index in [9.17, 15) is 0 Å². The molecule has 50 valence electrons. The maximum absolute atomic E-state index is 8.68. The van der Waals surface area contributed by atoms with Crippen molar-refractivity contribution in [1.82, 2.24) is 5.32 Å². The molecule has 0 radical (unpaired) electrons. The Balaban J connectivity index is 2.44. The van der Waals surface area contributed by atoms with E-state index in [1.54, 1.807) is 0 Å². The van der Waals surface area contributed by atoms with Crippen LogP contribution >= 0.6 is 0 Å². The van der Waals surface area contributed by atoms with Gasteiger partial charge in [0.15, 0.2) is 0 Å². The zero-order valence-corrected chi connectivity index (χ0v) is 5.17. The molecule has 2 N–H and O–H groups in total. The average molecular weight is 126 g/mol. The number of rotatable bonds is 1. The molecule has 0 saturated carbocycles. The van der Waals surface area contributed by atoms with Crippen LogP contribution in [0.25, 0.3) is 0 Å². The second kappa shape index (κ2) is 2.81. The van der Waals surface area contributed by atoms with Gasteiger partial charge in [-0.2, -0.15) is 5.26 Å². The predicted molar refractivity (Wildman–Crippen MR) is 32.5 cm³/mol. The first-order valence-corrected chi connectivity index (χ1v) is 3.09. The molecule has 2 atom stereocenters. The van der Waals surface area contributed by atoms with E-state index in [1.807, 2.05) is 0 Å². The molecule has 0 aromatic rings. The maximum Gasteiger partial charge on any atom is 0.0673 e. The van der Waals surface area contributed by atoms with Crippen molar-refractivity contribution in [1.29, 1.82) is 5.26 Å². The van der Waals surface area contributed by atoms with E-state index in [-0.39, 0.29) is 18.4 Å². The van der Waals surface area contributed by atoms with Gasteiger partial charge in [0.05, 0.1) is 12.0 Å². The Labute approximate surface area is 54.3 Å². The van der Waals surface area contributed by atoms with Gasteiger partial charge in [-0.15, -0.1) is 0 Å². The van der Waals surface area contributed by atoms with Crippen LogP contribution in [-0.2, 0) is 0 Å². The van der Waals surface area contributed by atoms with Crippen molar-refractivity contribution in [3.63, 3.8) is 0 Å². The number of aliphatic hydroxyl groups excluding tert-OH is 1. The van der Waals surface area contributed by atoms with Crippen LogP contribution in [0.5, 0.6) is 0 Å². The normalized spacial score (nSPS) is 34.2. The number of hydrogen-bond donors (Lipinski definition) is 2. The van der Waals surface area contributed by atoms with Gasteiger partial charge in [-0.25, -0.2) is 0 Å². The molecule has 0 bridgehead atoms. The van der Waals surface area contributed by atoms with E-state index in [4.69, 9.17) is 10.4 Å². The van der Waals surface area contributed by atoms with Gasteiger partial charge in [-0.1, -0.05) is 0 Å². The Morgan fingerprint density at radius 3 is 2.89 bits per heavy atom. The van der Waals surface area contributed by atoms with Crippen molar-refractivity contribution in [2.45, 2.75) is 0 Å². The minimum absolute atomic E-state index is 0.0231. The highest BCUT2D eigenvalue weighted by Crippen LogP contribution is 2.13. The van der Waals surface area contributed by atoms with Crippen LogP contribution in [0, 0.1) is 23.2 Å². The topological polar surface area (TPSA) is 56.0 Å². The lowest BCUT2D eigenvalue weighted by molar-refractivity contribution is 0.221. The summed E-state index contributed by atoms with van der Waals surface area (Å²) in [5, 5.41) is 20.2. The molecule has 1 saturated heterocycles. The fourth-order valence-corrected chi connectivity index (χ4v) is 1.08. The van der Waals surface area contributed by atoms with Gasteiger partial charge >= 0.3 is 0 Å². The van der Waals surface area contributed by atoms with Crippen molar-refractivity contribution in [2.24, 2.45) is 11.8 Å². The number of nitriles is 1. The SMILES string of the molecule is N#CC1CNCC1CO. The number of nitrogens with zero attached hydrogens (tertiary/aromatic N) is 1.